The number of amides is 4. The van der Waals surface area contributed by atoms with E-state index in [1.165, 1.54) is 21.3 Å². The van der Waals surface area contributed by atoms with Gasteiger partial charge in [0.1, 0.15) is 36.1 Å². The van der Waals surface area contributed by atoms with Gasteiger partial charge in [-0.15, -0.1) is 0 Å². The number of H-pyrrole nitrogens is 2. The van der Waals surface area contributed by atoms with Crippen LogP contribution in [-0.4, -0.2) is 114 Å². The average Bonchev–Trinajstić information content (AvgIpc) is 4.18. The molecule has 17 heteroatoms. The van der Waals surface area contributed by atoms with Gasteiger partial charge in [0, 0.05) is 44.2 Å². The number of rotatable bonds is 12. The minimum Gasteiger partial charge on any atom is -0.488 e. The summed E-state index contributed by atoms with van der Waals surface area (Å²) in [5.41, 5.74) is 7.05. The summed E-state index contributed by atoms with van der Waals surface area (Å²) in [5, 5.41) is 7.33. The molecule has 4 amide bonds. The number of benzene rings is 4. The Balaban J connectivity index is 0.966. The summed E-state index contributed by atoms with van der Waals surface area (Å²) in [6.07, 6.45) is 1.90. The number of imidazole rings is 2. The van der Waals surface area contributed by atoms with Crippen LogP contribution in [0.3, 0.4) is 0 Å². The third-order valence-electron chi connectivity index (χ3n) is 12.9. The number of aromatic nitrogens is 4. The Labute approximate surface area is 375 Å². The Bertz CT molecular complexity index is 2760. The Kier molecular flexibility index (Phi) is 12.2. The monoisotopic (exact) mass is 884 g/mol. The van der Waals surface area contributed by atoms with Crippen molar-refractivity contribution in [3.8, 4) is 28.1 Å². The van der Waals surface area contributed by atoms with Crippen LogP contribution in [0.1, 0.15) is 67.1 Å². The molecular weight excluding hydrogens is 833 g/mol. The largest absolute Gasteiger partial charge is 0.488 e. The zero-order chi connectivity index (χ0) is 45.4. The Morgan fingerprint density at radius 3 is 2.43 bits per heavy atom. The number of carbonyl (C=O) groups excluding carboxylic acids is 4. The second-order valence-corrected chi connectivity index (χ2v) is 16.8. The number of nitrogens with one attached hydrogen (secondary N) is 4. The van der Waals surface area contributed by atoms with Gasteiger partial charge in [-0.2, -0.15) is 0 Å². The van der Waals surface area contributed by atoms with E-state index in [0.717, 1.165) is 68.3 Å². The van der Waals surface area contributed by atoms with Crippen molar-refractivity contribution in [3.05, 3.63) is 102 Å². The van der Waals surface area contributed by atoms with Crippen molar-refractivity contribution in [3.63, 3.8) is 0 Å². The Morgan fingerprint density at radius 1 is 0.862 bits per heavy atom. The van der Waals surface area contributed by atoms with Crippen molar-refractivity contribution in [2.24, 2.45) is 5.92 Å². The first kappa shape index (κ1) is 43.3. The van der Waals surface area contributed by atoms with Gasteiger partial charge in [-0.05, 0) is 78.1 Å². The molecule has 3 aliphatic heterocycles. The molecule has 6 atom stereocenters. The summed E-state index contributed by atoms with van der Waals surface area (Å²) in [6.45, 7) is 3.50. The van der Waals surface area contributed by atoms with Crippen LogP contribution in [0.2, 0.25) is 0 Å². The molecule has 0 bridgehead atoms. The van der Waals surface area contributed by atoms with E-state index in [9.17, 15) is 19.2 Å². The normalized spacial score (nSPS) is 19.2. The molecule has 6 aromatic rings. The topological polar surface area (TPSA) is 202 Å². The lowest BCUT2D eigenvalue weighted by molar-refractivity contribution is -0.138. The molecule has 9 rings (SSSR count). The van der Waals surface area contributed by atoms with Crippen LogP contribution in [0.5, 0.6) is 5.75 Å². The van der Waals surface area contributed by atoms with E-state index in [-0.39, 0.29) is 29.8 Å². The van der Waals surface area contributed by atoms with E-state index < -0.39 is 30.4 Å². The molecule has 0 radical (unpaired) electrons. The number of ether oxygens (including phenoxy) is 5. The van der Waals surface area contributed by atoms with Gasteiger partial charge in [0.05, 0.1) is 61.9 Å². The summed E-state index contributed by atoms with van der Waals surface area (Å²) >= 11 is 0. The lowest BCUT2D eigenvalue weighted by Gasteiger charge is -2.30. The summed E-state index contributed by atoms with van der Waals surface area (Å²) in [7, 11) is 5.66. The summed E-state index contributed by atoms with van der Waals surface area (Å²) < 4.78 is 27.1. The summed E-state index contributed by atoms with van der Waals surface area (Å²) in [5.74, 6) is 1.60. The number of aromatic amines is 2. The molecule has 2 aromatic heterocycles. The van der Waals surface area contributed by atoms with Gasteiger partial charge in [-0.1, -0.05) is 48.5 Å². The van der Waals surface area contributed by atoms with Crippen molar-refractivity contribution in [1.29, 1.82) is 0 Å². The van der Waals surface area contributed by atoms with Gasteiger partial charge < -0.3 is 54.1 Å². The highest BCUT2D eigenvalue weighted by Crippen LogP contribution is 2.44. The van der Waals surface area contributed by atoms with Crippen LogP contribution in [0.25, 0.3) is 44.2 Å². The minimum absolute atomic E-state index is 0.0624. The van der Waals surface area contributed by atoms with E-state index in [1.807, 2.05) is 36.4 Å². The number of carbonyl (C=O) groups is 4. The molecular formula is C48H52N8O9. The molecule has 5 heterocycles. The fourth-order valence-corrected chi connectivity index (χ4v) is 9.54. The lowest BCUT2D eigenvalue weighted by Crippen LogP contribution is -2.54. The maximum absolute atomic E-state index is 14.1. The number of alkyl carbamates (subject to hydrolysis) is 2. The van der Waals surface area contributed by atoms with Crippen LogP contribution in [0, 0.1) is 5.92 Å². The third kappa shape index (κ3) is 8.32. The smallest absolute Gasteiger partial charge is 0.407 e. The summed E-state index contributed by atoms with van der Waals surface area (Å²) in [6, 6.07) is 21.1. The Morgan fingerprint density at radius 2 is 1.66 bits per heavy atom. The minimum atomic E-state index is -0.965. The quantitative estimate of drug-likeness (QED) is 0.102. The van der Waals surface area contributed by atoms with Crippen molar-refractivity contribution >= 4 is 45.8 Å². The molecule has 0 aliphatic carbocycles. The first-order valence-electron chi connectivity index (χ1n) is 21.7. The molecule has 2 saturated heterocycles. The first-order chi connectivity index (χ1) is 31.6. The van der Waals surface area contributed by atoms with Crippen LogP contribution >= 0.6 is 0 Å². The van der Waals surface area contributed by atoms with Crippen LogP contribution in [0.4, 0.5) is 9.59 Å². The van der Waals surface area contributed by atoms with E-state index in [1.54, 1.807) is 30.0 Å². The molecule has 3 aliphatic rings. The second kappa shape index (κ2) is 18.3. The van der Waals surface area contributed by atoms with Crippen molar-refractivity contribution in [2.75, 3.05) is 48.1 Å². The van der Waals surface area contributed by atoms with Crippen molar-refractivity contribution in [2.45, 2.75) is 63.1 Å². The molecule has 65 heavy (non-hydrogen) atoms. The highest BCUT2D eigenvalue weighted by atomic mass is 16.5. The Hall–Kier alpha value is -6.98. The van der Waals surface area contributed by atoms with E-state index >= 15 is 0 Å². The maximum atomic E-state index is 14.1. The van der Waals surface area contributed by atoms with Crippen molar-refractivity contribution < 1.29 is 42.9 Å². The molecule has 17 nitrogen and oxygen atoms in total. The van der Waals surface area contributed by atoms with Gasteiger partial charge in [0.25, 0.3) is 5.91 Å². The fraction of sp³-hybridized carbons (Fsp3) is 0.375. The number of methoxy groups -OCH3 is 4. The van der Waals surface area contributed by atoms with Crippen LogP contribution in [-0.2, 0) is 35.1 Å². The van der Waals surface area contributed by atoms with Gasteiger partial charge in [0.2, 0.25) is 5.91 Å². The van der Waals surface area contributed by atoms with Crippen LogP contribution < -0.4 is 15.4 Å². The van der Waals surface area contributed by atoms with Gasteiger partial charge in [-0.3, -0.25) is 9.59 Å². The van der Waals surface area contributed by atoms with Gasteiger partial charge in [-0.25, -0.2) is 19.6 Å². The first-order valence-corrected chi connectivity index (χ1v) is 21.7. The lowest BCUT2D eigenvalue weighted by atomic mass is 9.92. The van der Waals surface area contributed by atoms with E-state index in [0.29, 0.717) is 49.9 Å². The molecule has 2 fully saturated rings. The van der Waals surface area contributed by atoms with E-state index in [4.69, 9.17) is 33.7 Å². The zero-order valence-corrected chi connectivity index (χ0v) is 36.9. The molecule has 0 spiro atoms. The molecule has 338 valence electrons. The average molecular weight is 885 g/mol. The highest BCUT2D eigenvalue weighted by molar-refractivity contribution is 6.07. The van der Waals surface area contributed by atoms with E-state index in [2.05, 4.69) is 57.0 Å². The van der Waals surface area contributed by atoms with Gasteiger partial charge >= 0.3 is 12.2 Å². The molecule has 4 aromatic carbocycles. The second-order valence-electron chi connectivity index (χ2n) is 16.8. The molecule has 4 N–H and O–H groups in total. The maximum Gasteiger partial charge on any atom is 0.407 e. The number of hydrogen-bond donors (Lipinski definition) is 4. The number of fused-ring (bicyclic) bond motifs is 6. The number of hydrogen-bond acceptors (Lipinski definition) is 11. The number of likely N-dealkylation sites (tertiary alicyclic amines) is 2. The predicted octanol–water partition coefficient (Wildman–Crippen LogP) is 6.72. The summed E-state index contributed by atoms with van der Waals surface area (Å²) in [4.78, 5) is 73.1. The predicted molar refractivity (Wildman–Crippen MR) is 240 cm³/mol. The highest BCUT2D eigenvalue weighted by Gasteiger charge is 2.43. The SMILES string of the molecule is COC[C@H]1C[C@@H](c2ncc(-c3ccc4c(c3)COc3cc5c(ccc6nc([C@@H]7CCCN7C(=O)[C@H](NC(=O)OC)c7ccccc7)[nH]c65)cc3-4)[nH]2)N(C(=O)[C@@H](NC(=O)OC)C(C)OC)C1. The standard InChI is InChI=1S/C48H52N8O9/c1-26(62-3)40(53-47(59)63-4)45(57)56-23-27(24-61-2)18-38(56)43-49-22-36(51-43)30-13-15-32-31(19-30)25-65-39-21-33-29(20-34(32)39)14-16-35-42(33)52-44(50-35)37-12-9-17-55(37)46(58)41(54-48(60)64-5)28-10-7-6-8-11-28/h6-8,10-11,13-16,19-22,26-27,37-38,40-41H,9,12,17-18,23-25H2,1-5H3,(H,49,51)(H,50,52)(H,53,59)(H,54,60)/t26?,27-,37-,38-,40-,41+/m0/s1. The number of nitrogens with zero attached hydrogens (tertiary/aromatic N) is 4. The van der Waals surface area contributed by atoms with Crippen molar-refractivity contribution in [1.82, 2.24) is 40.4 Å². The zero-order valence-electron chi connectivity index (χ0n) is 36.9. The molecule has 1 unspecified atom stereocenters. The molecule has 0 saturated carbocycles. The van der Waals surface area contributed by atoms with Crippen LogP contribution in [0.15, 0.2) is 79.0 Å². The fourth-order valence-electron chi connectivity index (χ4n) is 9.54. The van der Waals surface area contributed by atoms with Gasteiger partial charge in [0.15, 0.2) is 0 Å². The third-order valence-corrected chi connectivity index (χ3v) is 12.9.